The average Bonchev–Trinajstić information content (AvgIpc) is 3.44. The van der Waals surface area contributed by atoms with Crippen LogP contribution in [0.25, 0.3) is 0 Å². The van der Waals surface area contributed by atoms with Crippen LogP contribution < -0.4 is 15.0 Å². The summed E-state index contributed by atoms with van der Waals surface area (Å²) in [5.74, 6) is 0.0797. The Labute approximate surface area is 164 Å². The van der Waals surface area contributed by atoms with E-state index in [0.29, 0.717) is 35.8 Å². The van der Waals surface area contributed by atoms with Crippen LogP contribution in [-0.2, 0) is 9.59 Å². The first-order chi connectivity index (χ1) is 12.9. The molecule has 1 fully saturated rings. The zero-order chi connectivity index (χ0) is 19.6. The minimum atomic E-state index is -1.01. The number of nitrogens with zero attached hydrogens (tertiary/aromatic N) is 1. The maximum absolute atomic E-state index is 13.2. The molecule has 0 radical (unpaired) electrons. The van der Waals surface area contributed by atoms with Gasteiger partial charge in [0.25, 0.3) is 0 Å². The summed E-state index contributed by atoms with van der Waals surface area (Å²) in [7, 11) is 1.53. The summed E-state index contributed by atoms with van der Waals surface area (Å²) in [6, 6.07) is 12.8. The SMILES string of the molecule is CCN(C(=O)C1(C(=O)Nc2ccc(OC)c(Cl)c2)CC1)c1cccc(C)c1. The molecule has 0 saturated heterocycles. The second-order valence-corrected chi connectivity index (χ2v) is 7.18. The smallest absolute Gasteiger partial charge is 0.242 e. The van der Waals surface area contributed by atoms with Gasteiger partial charge in [0, 0.05) is 17.9 Å². The van der Waals surface area contributed by atoms with Gasteiger partial charge in [0.2, 0.25) is 11.8 Å². The van der Waals surface area contributed by atoms with Gasteiger partial charge in [-0.15, -0.1) is 0 Å². The number of benzene rings is 2. The summed E-state index contributed by atoms with van der Waals surface area (Å²) in [4.78, 5) is 27.8. The van der Waals surface area contributed by atoms with Crippen molar-refractivity contribution in [3.8, 4) is 5.75 Å². The highest BCUT2D eigenvalue weighted by atomic mass is 35.5. The van der Waals surface area contributed by atoms with Gasteiger partial charge in [-0.3, -0.25) is 9.59 Å². The van der Waals surface area contributed by atoms with Crippen LogP contribution in [0.5, 0.6) is 5.75 Å². The van der Waals surface area contributed by atoms with Gasteiger partial charge >= 0.3 is 0 Å². The summed E-state index contributed by atoms with van der Waals surface area (Å²) < 4.78 is 5.12. The molecule has 27 heavy (non-hydrogen) atoms. The number of halogens is 1. The fourth-order valence-corrected chi connectivity index (χ4v) is 3.41. The van der Waals surface area contributed by atoms with E-state index >= 15 is 0 Å². The maximum atomic E-state index is 13.2. The third kappa shape index (κ3) is 3.78. The minimum Gasteiger partial charge on any atom is -0.495 e. The normalized spacial score (nSPS) is 14.4. The maximum Gasteiger partial charge on any atom is 0.242 e. The summed E-state index contributed by atoms with van der Waals surface area (Å²) in [6.45, 7) is 4.40. The third-order valence-corrected chi connectivity index (χ3v) is 5.17. The van der Waals surface area contributed by atoms with Gasteiger partial charge in [-0.05, 0) is 62.6 Å². The molecule has 3 rings (SSSR count). The molecule has 2 aromatic rings. The predicted molar refractivity (Wildman–Crippen MR) is 108 cm³/mol. The van der Waals surface area contributed by atoms with E-state index in [9.17, 15) is 9.59 Å². The van der Waals surface area contributed by atoms with Crippen LogP contribution in [0.3, 0.4) is 0 Å². The lowest BCUT2D eigenvalue weighted by Crippen LogP contribution is -2.43. The summed E-state index contributed by atoms with van der Waals surface area (Å²) >= 11 is 6.12. The zero-order valence-corrected chi connectivity index (χ0v) is 16.5. The van der Waals surface area contributed by atoms with Gasteiger partial charge in [-0.2, -0.15) is 0 Å². The van der Waals surface area contributed by atoms with E-state index in [4.69, 9.17) is 16.3 Å². The van der Waals surface area contributed by atoms with Gasteiger partial charge in [0.05, 0.1) is 12.1 Å². The predicted octanol–water partition coefficient (Wildman–Crippen LogP) is 4.43. The minimum absolute atomic E-state index is 0.160. The summed E-state index contributed by atoms with van der Waals surface area (Å²) in [5.41, 5.74) is 1.42. The van der Waals surface area contributed by atoms with Crippen molar-refractivity contribution in [1.82, 2.24) is 0 Å². The first kappa shape index (κ1) is 19.2. The van der Waals surface area contributed by atoms with Crippen molar-refractivity contribution in [2.24, 2.45) is 5.41 Å². The van der Waals surface area contributed by atoms with Crippen molar-refractivity contribution in [3.63, 3.8) is 0 Å². The molecule has 0 heterocycles. The van der Waals surface area contributed by atoms with E-state index in [1.807, 2.05) is 38.1 Å². The number of hydrogen-bond donors (Lipinski definition) is 1. The van der Waals surface area contributed by atoms with E-state index in [1.54, 1.807) is 23.1 Å². The average molecular weight is 387 g/mol. The van der Waals surface area contributed by atoms with E-state index in [2.05, 4.69) is 5.32 Å². The van der Waals surface area contributed by atoms with Crippen LogP contribution in [-0.4, -0.2) is 25.5 Å². The number of anilines is 2. The number of nitrogens with one attached hydrogen (secondary N) is 1. The monoisotopic (exact) mass is 386 g/mol. The van der Waals surface area contributed by atoms with Crippen LogP contribution in [0.1, 0.15) is 25.3 Å². The van der Waals surface area contributed by atoms with E-state index < -0.39 is 5.41 Å². The quantitative estimate of drug-likeness (QED) is 0.747. The molecule has 2 amide bonds. The fourth-order valence-electron chi connectivity index (χ4n) is 3.16. The molecule has 0 aliphatic heterocycles. The first-order valence-corrected chi connectivity index (χ1v) is 9.32. The Kier molecular flexibility index (Phi) is 5.42. The molecular formula is C21H23ClN2O3. The van der Waals surface area contributed by atoms with Crippen molar-refractivity contribution in [3.05, 3.63) is 53.1 Å². The molecule has 0 bridgehead atoms. The molecule has 142 valence electrons. The Morgan fingerprint density at radius 2 is 1.96 bits per heavy atom. The van der Waals surface area contributed by atoms with E-state index in [1.165, 1.54) is 7.11 Å². The van der Waals surface area contributed by atoms with Crippen molar-refractivity contribution in [2.45, 2.75) is 26.7 Å². The lowest BCUT2D eigenvalue weighted by Gasteiger charge is -2.26. The van der Waals surface area contributed by atoms with Crippen molar-refractivity contribution < 1.29 is 14.3 Å². The van der Waals surface area contributed by atoms with Gasteiger partial charge in [-0.25, -0.2) is 0 Å². The Morgan fingerprint density at radius 3 is 2.52 bits per heavy atom. The van der Waals surface area contributed by atoms with Crippen LogP contribution in [0.15, 0.2) is 42.5 Å². The molecule has 5 nitrogen and oxygen atoms in total. The molecule has 1 aliphatic rings. The Hall–Kier alpha value is -2.53. The van der Waals surface area contributed by atoms with Gasteiger partial charge in [-0.1, -0.05) is 23.7 Å². The van der Waals surface area contributed by atoms with Gasteiger partial charge in [0.15, 0.2) is 0 Å². The molecule has 6 heteroatoms. The Morgan fingerprint density at radius 1 is 1.22 bits per heavy atom. The fraction of sp³-hybridized carbons (Fsp3) is 0.333. The summed E-state index contributed by atoms with van der Waals surface area (Å²) in [5, 5.41) is 3.24. The number of methoxy groups -OCH3 is 1. The first-order valence-electron chi connectivity index (χ1n) is 8.95. The number of ether oxygens (including phenoxy) is 1. The molecule has 0 aromatic heterocycles. The third-order valence-electron chi connectivity index (χ3n) is 4.88. The van der Waals surface area contributed by atoms with Gasteiger partial charge in [0.1, 0.15) is 11.2 Å². The lowest BCUT2D eigenvalue weighted by molar-refractivity contribution is -0.132. The van der Waals surface area contributed by atoms with Crippen molar-refractivity contribution >= 4 is 34.8 Å². The number of aryl methyl sites for hydroxylation is 1. The lowest BCUT2D eigenvalue weighted by atomic mass is 10.0. The topological polar surface area (TPSA) is 58.6 Å². The number of carbonyl (C=O) groups excluding carboxylic acids is 2. The van der Waals surface area contributed by atoms with Gasteiger partial charge < -0.3 is 15.0 Å². The number of carbonyl (C=O) groups is 2. The standard InChI is InChI=1S/C21H23ClN2O3/c1-4-24(16-7-5-6-14(2)12-16)20(26)21(10-11-21)19(25)23-15-8-9-18(27-3)17(22)13-15/h5-9,12-13H,4,10-11H2,1-3H3,(H,23,25). The summed E-state index contributed by atoms with van der Waals surface area (Å²) in [6.07, 6.45) is 1.09. The molecule has 1 N–H and O–H groups in total. The van der Waals surface area contributed by atoms with Crippen LogP contribution in [0.4, 0.5) is 11.4 Å². The highest BCUT2D eigenvalue weighted by Gasteiger charge is 2.58. The van der Waals surface area contributed by atoms with Crippen molar-refractivity contribution in [1.29, 1.82) is 0 Å². The molecule has 0 atom stereocenters. The van der Waals surface area contributed by atoms with E-state index in [0.717, 1.165) is 11.3 Å². The van der Waals surface area contributed by atoms with Crippen LogP contribution >= 0.6 is 11.6 Å². The largest absolute Gasteiger partial charge is 0.495 e. The Bertz CT molecular complexity index is 877. The number of hydrogen-bond acceptors (Lipinski definition) is 3. The highest BCUT2D eigenvalue weighted by molar-refractivity contribution is 6.32. The molecule has 0 spiro atoms. The molecule has 0 unspecified atom stereocenters. The Balaban J connectivity index is 1.79. The zero-order valence-electron chi connectivity index (χ0n) is 15.7. The van der Waals surface area contributed by atoms with Crippen LogP contribution in [0.2, 0.25) is 5.02 Å². The molecule has 1 aliphatic carbocycles. The highest BCUT2D eigenvalue weighted by Crippen LogP contribution is 2.49. The number of amides is 2. The molecular weight excluding hydrogens is 364 g/mol. The van der Waals surface area contributed by atoms with Crippen LogP contribution in [0, 0.1) is 12.3 Å². The van der Waals surface area contributed by atoms with E-state index in [-0.39, 0.29) is 11.8 Å². The molecule has 2 aromatic carbocycles. The second-order valence-electron chi connectivity index (χ2n) is 6.77. The second kappa shape index (κ2) is 7.61. The number of rotatable bonds is 6. The molecule has 1 saturated carbocycles. The van der Waals surface area contributed by atoms with Crippen molar-refractivity contribution in [2.75, 3.05) is 23.9 Å².